The van der Waals surface area contributed by atoms with Gasteiger partial charge in [0.25, 0.3) is 0 Å². The minimum absolute atomic E-state index is 0.107. The van der Waals surface area contributed by atoms with Crippen molar-refractivity contribution in [1.29, 1.82) is 0 Å². The fourth-order valence-corrected chi connectivity index (χ4v) is 4.06. The van der Waals surface area contributed by atoms with Crippen LogP contribution in [0, 0.1) is 0 Å². The van der Waals surface area contributed by atoms with E-state index in [0.29, 0.717) is 12.8 Å². The van der Waals surface area contributed by atoms with Crippen LogP contribution >= 0.6 is 0 Å². The van der Waals surface area contributed by atoms with Crippen LogP contribution in [0.2, 0.25) is 0 Å². The Hall–Kier alpha value is -0.880. The fraction of sp³-hybridized carbons (Fsp3) is 0.765. The van der Waals surface area contributed by atoms with E-state index in [4.69, 9.17) is 14.2 Å². The maximum atomic E-state index is 11.6. The van der Waals surface area contributed by atoms with Crippen LogP contribution in [0.5, 0.6) is 0 Å². The first-order valence-corrected chi connectivity index (χ1v) is 7.91. The number of hydrogen-bond acceptors (Lipinski definition) is 5. The highest BCUT2D eigenvalue weighted by Crippen LogP contribution is 2.59. The largest absolute Gasteiger partial charge is 0.488 e. The summed E-state index contributed by atoms with van der Waals surface area (Å²) in [5, 5.41) is 21.9. The van der Waals surface area contributed by atoms with Crippen molar-refractivity contribution >= 4 is 0 Å². The third kappa shape index (κ3) is 1.92. The van der Waals surface area contributed by atoms with E-state index in [-0.39, 0.29) is 6.10 Å². The summed E-state index contributed by atoms with van der Waals surface area (Å²) >= 11 is 0. The third-order valence-electron chi connectivity index (χ3n) is 5.53. The zero-order valence-corrected chi connectivity index (χ0v) is 13.7. The summed E-state index contributed by atoms with van der Waals surface area (Å²) < 4.78 is 17.1. The average Bonchev–Trinajstić information content (AvgIpc) is 3.08. The lowest BCUT2D eigenvalue weighted by molar-refractivity contribution is -0.275. The van der Waals surface area contributed by atoms with Gasteiger partial charge >= 0.3 is 0 Å². The molecule has 0 aromatic rings. The average molecular weight is 310 g/mol. The van der Waals surface area contributed by atoms with Crippen molar-refractivity contribution in [3.63, 3.8) is 0 Å². The van der Waals surface area contributed by atoms with Crippen LogP contribution in [-0.2, 0) is 14.2 Å². The first-order chi connectivity index (χ1) is 10.3. The number of rotatable bonds is 4. The van der Waals surface area contributed by atoms with Crippen molar-refractivity contribution in [2.45, 2.75) is 75.1 Å². The van der Waals surface area contributed by atoms with Gasteiger partial charge < -0.3 is 24.4 Å². The van der Waals surface area contributed by atoms with Gasteiger partial charge in [0, 0.05) is 7.11 Å². The zero-order valence-electron chi connectivity index (χ0n) is 13.7. The van der Waals surface area contributed by atoms with Gasteiger partial charge in [-0.05, 0) is 46.1 Å². The minimum atomic E-state index is -1.42. The van der Waals surface area contributed by atoms with Gasteiger partial charge in [0.05, 0.1) is 18.5 Å². The van der Waals surface area contributed by atoms with E-state index in [0.717, 1.165) is 6.42 Å². The third-order valence-corrected chi connectivity index (χ3v) is 5.53. The first kappa shape index (κ1) is 16.0. The molecule has 1 aliphatic carbocycles. The van der Waals surface area contributed by atoms with Gasteiger partial charge in [-0.15, -0.1) is 0 Å². The number of hydrogen-bond donors (Lipinski definition) is 2. The Kier molecular flexibility index (Phi) is 3.68. The van der Waals surface area contributed by atoms with Gasteiger partial charge in [0.2, 0.25) is 0 Å². The van der Waals surface area contributed by atoms with Gasteiger partial charge in [-0.3, -0.25) is 0 Å². The molecule has 0 bridgehead atoms. The number of methoxy groups -OCH3 is 1. The Morgan fingerprint density at radius 3 is 2.64 bits per heavy atom. The van der Waals surface area contributed by atoms with E-state index in [1.165, 1.54) is 12.7 Å². The molecule has 5 heteroatoms. The van der Waals surface area contributed by atoms with E-state index >= 15 is 0 Å². The standard InChI is InChI=1S/C17H26O5/c1-11(2)5-6-13-15(3,22-13)17(19)14(20-4)12(18)7-8-16(17)9-10-21-16/h5,9-10,12-14,18-19H,6-8H2,1-4H3/t12-,13-,14-,15+,16+,17+/m1/s1. The van der Waals surface area contributed by atoms with Crippen LogP contribution < -0.4 is 0 Å². The van der Waals surface area contributed by atoms with Gasteiger partial charge in [0.1, 0.15) is 11.7 Å². The lowest BCUT2D eigenvalue weighted by atomic mass is 9.60. The van der Waals surface area contributed by atoms with E-state index in [1.807, 2.05) is 26.8 Å². The molecule has 3 aliphatic rings. The molecular weight excluding hydrogens is 284 g/mol. The van der Waals surface area contributed by atoms with Gasteiger partial charge in [0.15, 0.2) is 11.2 Å². The highest BCUT2D eigenvalue weighted by Gasteiger charge is 2.78. The minimum Gasteiger partial charge on any atom is -0.488 e. The molecule has 124 valence electrons. The Bertz CT molecular complexity index is 511. The molecule has 2 aliphatic heterocycles. The number of aliphatic hydroxyl groups excluding tert-OH is 1. The van der Waals surface area contributed by atoms with Crippen molar-refractivity contribution in [3.05, 3.63) is 24.0 Å². The van der Waals surface area contributed by atoms with Crippen molar-refractivity contribution in [1.82, 2.24) is 0 Å². The predicted octanol–water partition coefficient (Wildman–Crippen LogP) is 1.68. The van der Waals surface area contributed by atoms with Crippen LogP contribution in [0.4, 0.5) is 0 Å². The number of epoxide rings is 1. The summed E-state index contributed by atoms with van der Waals surface area (Å²) in [6.07, 6.45) is 5.79. The Morgan fingerprint density at radius 2 is 2.14 bits per heavy atom. The van der Waals surface area contributed by atoms with Crippen LogP contribution in [0.25, 0.3) is 0 Å². The first-order valence-electron chi connectivity index (χ1n) is 7.91. The maximum absolute atomic E-state index is 11.6. The maximum Gasteiger partial charge on any atom is 0.167 e. The van der Waals surface area contributed by atoms with Gasteiger partial charge in [-0.2, -0.15) is 0 Å². The predicted molar refractivity (Wildman–Crippen MR) is 81.3 cm³/mol. The van der Waals surface area contributed by atoms with Crippen molar-refractivity contribution in [2.75, 3.05) is 7.11 Å². The molecule has 0 amide bonds. The molecule has 2 heterocycles. The lowest BCUT2D eigenvalue weighted by Crippen LogP contribution is -2.75. The highest BCUT2D eigenvalue weighted by molar-refractivity contribution is 5.34. The second-order valence-corrected chi connectivity index (χ2v) is 7.07. The second kappa shape index (κ2) is 5.06. The zero-order chi connectivity index (χ0) is 16.2. The molecule has 1 saturated carbocycles. The van der Waals surface area contributed by atoms with E-state index < -0.39 is 29.0 Å². The topological polar surface area (TPSA) is 71.5 Å². The molecule has 0 unspecified atom stereocenters. The number of allylic oxidation sites excluding steroid dienone is 1. The molecule has 2 N–H and O–H groups in total. The smallest absolute Gasteiger partial charge is 0.167 e. The monoisotopic (exact) mass is 310 g/mol. The van der Waals surface area contributed by atoms with E-state index in [9.17, 15) is 10.2 Å². The normalized spacial score (nSPS) is 49.5. The molecule has 5 nitrogen and oxygen atoms in total. The van der Waals surface area contributed by atoms with E-state index in [2.05, 4.69) is 6.08 Å². The van der Waals surface area contributed by atoms with Crippen molar-refractivity contribution in [2.24, 2.45) is 0 Å². The summed E-state index contributed by atoms with van der Waals surface area (Å²) in [4.78, 5) is 0. The number of ether oxygens (including phenoxy) is 3. The van der Waals surface area contributed by atoms with Crippen LogP contribution in [0.1, 0.15) is 40.0 Å². The molecule has 0 radical (unpaired) electrons. The van der Waals surface area contributed by atoms with Crippen LogP contribution in [0.15, 0.2) is 24.0 Å². The molecule has 3 rings (SSSR count). The van der Waals surface area contributed by atoms with E-state index in [1.54, 1.807) is 6.26 Å². The summed E-state index contributed by atoms with van der Waals surface area (Å²) in [6, 6.07) is 0. The second-order valence-electron chi connectivity index (χ2n) is 7.07. The van der Waals surface area contributed by atoms with Crippen LogP contribution in [-0.4, -0.2) is 52.4 Å². The molecule has 0 aromatic heterocycles. The molecule has 6 atom stereocenters. The molecular formula is C17H26O5. The highest BCUT2D eigenvalue weighted by atomic mass is 16.6. The van der Waals surface area contributed by atoms with Crippen LogP contribution in [0.3, 0.4) is 0 Å². The summed E-state index contributed by atoms with van der Waals surface area (Å²) in [5.41, 5.74) is -1.83. The summed E-state index contributed by atoms with van der Waals surface area (Å²) in [6.45, 7) is 5.96. The van der Waals surface area contributed by atoms with Crippen molar-refractivity contribution < 1.29 is 24.4 Å². The SMILES string of the molecule is CO[C@@H]1[C@H](O)CC[C@]2(C=CO2)[C@@]1(O)[C@@]1(C)O[C@@H]1CC=C(C)C. The molecule has 1 saturated heterocycles. The Labute approximate surface area is 131 Å². The molecule has 0 aromatic carbocycles. The summed E-state index contributed by atoms with van der Waals surface area (Å²) in [7, 11) is 1.51. The fourth-order valence-electron chi connectivity index (χ4n) is 4.06. The Morgan fingerprint density at radius 1 is 1.45 bits per heavy atom. The lowest BCUT2D eigenvalue weighted by Gasteiger charge is -2.57. The number of aliphatic hydroxyl groups is 2. The van der Waals surface area contributed by atoms with Gasteiger partial charge in [-0.25, -0.2) is 0 Å². The summed E-state index contributed by atoms with van der Waals surface area (Å²) in [5.74, 6) is 0. The molecule has 2 fully saturated rings. The van der Waals surface area contributed by atoms with Crippen molar-refractivity contribution in [3.8, 4) is 0 Å². The molecule has 1 spiro atoms. The Balaban J connectivity index is 1.93. The molecule has 22 heavy (non-hydrogen) atoms. The van der Waals surface area contributed by atoms with Gasteiger partial charge in [-0.1, -0.05) is 11.6 Å². The quantitative estimate of drug-likeness (QED) is 0.611.